The van der Waals surface area contributed by atoms with Crippen molar-refractivity contribution in [3.8, 4) is 0 Å². The van der Waals surface area contributed by atoms with Gasteiger partial charge in [-0.2, -0.15) is 0 Å². The standard InChI is InChI=1S/C17H27N3O2/c1-2-9-19-17(18)20-12-14-3-5-15(6-4-14)13-22-16-7-10-21-11-8-16/h3-6,16H,2,7-13H2,1H3,(H3,18,19,20). The van der Waals surface area contributed by atoms with E-state index in [0.29, 0.717) is 25.2 Å². The number of nitrogens with two attached hydrogens (primary N) is 1. The zero-order valence-corrected chi connectivity index (χ0v) is 13.4. The van der Waals surface area contributed by atoms with Crippen molar-refractivity contribution in [2.45, 2.75) is 45.4 Å². The van der Waals surface area contributed by atoms with Gasteiger partial charge in [0, 0.05) is 19.8 Å². The third-order valence-electron chi connectivity index (χ3n) is 3.67. The molecule has 3 N–H and O–H groups in total. The Hall–Kier alpha value is -1.59. The summed E-state index contributed by atoms with van der Waals surface area (Å²) in [5, 5.41) is 3.07. The van der Waals surface area contributed by atoms with Crippen molar-refractivity contribution in [3.05, 3.63) is 35.4 Å². The van der Waals surface area contributed by atoms with E-state index in [4.69, 9.17) is 15.2 Å². The highest BCUT2D eigenvalue weighted by Crippen LogP contribution is 2.14. The molecule has 1 aliphatic heterocycles. The van der Waals surface area contributed by atoms with Crippen LogP contribution in [0.4, 0.5) is 0 Å². The molecule has 0 unspecified atom stereocenters. The van der Waals surface area contributed by atoms with Crippen molar-refractivity contribution in [1.82, 2.24) is 5.32 Å². The lowest BCUT2D eigenvalue weighted by Gasteiger charge is -2.22. The smallest absolute Gasteiger partial charge is 0.188 e. The van der Waals surface area contributed by atoms with Crippen molar-refractivity contribution in [2.75, 3.05) is 19.8 Å². The van der Waals surface area contributed by atoms with Crippen LogP contribution in [0.25, 0.3) is 0 Å². The first-order valence-electron chi connectivity index (χ1n) is 8.09. The van der Waals surface area contributed by atoms with Crippen LogP contribution in [0, 0.1) is 0 Å². The van der Waals surface area contributed by atoms with Crippen molar-refractivity contribution in [3.63, 3.8) is 0 Å². The van der Waals surface area contributed by atoms with Gasteiger partial charge in [-0.05, 0) is 30.4 Å². The number of hydrogen-bond acceptors (Lipinski definition) is 3. The Bertz CT molecular complexity index is 453. The molecule has 1 saturated heterocycles. The first kappa shape index (κ1) is 16.8. The third kappa shape index (κ3) is 6.03. The van der Waals surface area contributed by atoms with Crippen molar-refractivity contribution < 1.29 is 9.47 Å². The largest absolute Gasteiger partial charge is 0.381 e. The predicted octanol–water partition coefficient (Wildman–Crippen LogP) is 2.20. The second-order valence-corrected chi connectivity index (χ2v) is 5.57. The van der Waals surface area contributed by atoms with Crippen LogP contribution < -0.4 is 11.1 Å². The number of aliphatic imine (C=N–C) groups is 1. The van der Waals surface area contributed by atoms with Gasteiger partial charge < -0.3 is 20.5 Å². The van der Waals surface area contributed by atoms with Crippen LogP contribution in [0.1, 0.15) is 37.3 Å². The van der Waals surface area contributed by atoms with Crippen molar-refractivity contribution in [2.24, 2.45) is 10.7 Å². The molecule has 5 heteroatoms. The average Bonchev–Trinajstić information content (AvgIpc) is 2.58. The third-order valence-corrected chi connectivity index (χ3v) is 3.67. The van der Waals surface area contributed by atoms with E-state index in [9.17, 15) is 0 Å². The summed E-state index contributed by atoms with van der Waals surface area (Å²) < 4.78 is 11.2. The lowest BCUT2D eigenvalue weighted by atomic mass is 10.1. The Labute approximate surface area is 132 Å². The molecule has 0 aliphatic carbocycles. The molecule has 0 saturated carbocycles. The molecule has 1 aromatic rings. The van der Waals surface area contributed by atoms with Crippen LogP contribution in [-0.4, -0.2) is 31.8 Å². The number of hydrogen-bond donors (Lipinski definition) is 2. The Morgan fingerprint density at radius 1 is 1.27 bits per heavy atom. The molecule has 122 valence electrons. The molecule has 5 nitrogen and oxygen atoms in total. The topological polar surface area (TPSA) is 68.9 Å². The number of rotatable bonds is 7. The summed E-state index contributed by atoms with van der Waals surface area (Å²) in [6.07, 6.45) is 3.37. The van der Waals surface area contributed by atoms with Gasteiger partial charge in [-0.25, -0.2) is 4.99 Å². The molecule has 0 atom stereocenters. The van der Waals surface area contributed by atoms with Crippen LogP contribution in [0.2, 0.25) is 0 Å². The van der Waals surface area contributed by atoms with Gasteiger partial charge in [-0.1, -0.05) is 31.2 Å². The zero-order chi connectivity index (χ0) is 15.6. The maximum absolute atomic E-state index is 5.91. The summed E-state index contributed by atoms with van der Waals surface area (Å²) in [5.41, 5.74) is 8.12. The van der Waals surface area contributed by atoms with Crippen LogP contribution in [0.15, 0.2) is 29.3 Å². The summed E-state index contributed by atoms with van der Waals surface area (Å²) in [6.45, 7) is 5.85. The summed E-state index contributed by atoms with van der Waals surface area (Å²) >= 11 is 0. The van der Waals surface area contributed by atoms with Gasteiger partial charge in [0.1, 0.15) is 0 Å². The maximum Gasteiger partial charge on any atom is 0.188 e. The fraction of sp³-hybridized carbons (Fsp3) is 0.588. The van der Waals surface area contributed by atoms with E-state index in [2.05, 4.69) is 41.5 Å². The summed E-state index contributed by atoms with van der Waals surface area (Å²) in [4.78, 5) is 4.32. The molecule has 0 spiro atoms. The highest BCUT2D eigenvalue weighted by molar-refractivity contribution is 5.77. The van der Waals surface area contributed by atoms with E-state index in [-0.39, 0.29) is 0 Å². The highest BCUT2D eigenvalue weighted by Gasteiger charge is 2.13. The minimum atomic E-state index is 0.336. The second kappa shape index (κ2) is 9.43. The molecule has 2 rings (SSSR count). The quantitative estimate of drug-likeness (QED) is 0.598. The molecule has 0 aromatic heterocycles. The van der Waals surface area contributed by atoms with Gasteiger partial charge in [-0.3, -0.25) is 0 Å². The maximum atomic E-state index is 5.91. The van der Waals surface area contributed by atoms with Crippen molar-refractivity contribution in [1.29, 1.82) is 0 Å². The number of guanidine groups is 1. The Balaban J connectivity index is 1.74. The minimum Gasteiger partial charge on any atom is -0.381 e. The molecule has 1 fully saturated rings. The Morgan fingerprint density at radius 3 is 2.64 bits per heavy atom. The van der Waals surface area contributed by atoms with E-state index in [0.717, 1.165) is 44.6 Å². The highest BCUT2D eigenvalue weighted by atomic mass is 16.5. The fourth-order valence-corrected chi connectivity index (χ4v) is 2.28. The second-order valence-electron chi connectivity index (χ2n) is 5.57. The fourth-order valence-electron chi connectivity index (χ4n) is 2.28. The molecular weight excluding hydrogens is 278 g/mol. The molecule has 1 heterocycles. The first-order chi connectivity index (χ1) is 10.8. The van der Waals surface area contributed by atoms with E-state index >= 15 is 0 Å². The molecular formula is C17H27N3O2. The van der Waals surface area contributed by atoms with E-state index in [1.807, 2.05) is 0 Å². The number of ether oxygens (including phenoxy) is 2. The Morgan fingerprint density at radius 2 is 1.95 bits per heavy atom. The average molecular weight is 305 g/mol. The van der Waals surface area contributed by atoms with Crippen LogP contribution in [-0.2, 0) is 22.6 Å². The zero-order valence-electron chi connectivity index (χ0n) is 13.4. The summed E-state index contributed by atoms with van der Waals surface area (Å²) in [7, 11) is 0. The van der Waals surface area contributed by atoms with Gasteiger partial charge in [0.2, 0.25) is 0 Å². The number of benzene rings is 1. The molecule has 1 aliphatic rings. The number of nitrogens with one attached hydrogen (secondary N) is 1. The first-order valence-corrected chi connectivity index (χ1v) is 8.09. The van der Waals surface area contributed by atoms with Gasteiger partial charge in [0.15, 0.2) is 5.96 Å². The van der Waals surface area contributed by atoms with Crippen LogP contribution in [0.5, 0.6) is 0 Å². The molecule has 0 amide bonds. The molecule has 0 bridgehead atoms. The Kier molecular flexibility index (Phi) is 7.19. The summed E-state index contributed by atoms with van der Waals surface area (Å²) in [5.74, 6) is 0.508. The van der Waals surface area contributed by atoms with Gasteiger partial charge in [0.05, 0.1) is 19.3 Å². The lowest BCUT2D eigenvalue weighted by molar-refractivity contribution is -0.0390. The molecule has 1 aromatic carbocycles. The minimum absolute atomic E-state index is 0.336. The SMILES string of the molecule is CCCNC(N)=NCc1ccc(COC2CCOCC2)cc1. The van der Waals surface area contributed by atoms with Gasteiger partial charge >= 0.3 is 0 Å². The van der Waals surface area contributed by atoms with Crippen LogP contribution in [0.3, 0.4) is 0 Å². The summed E-state index contributed by atoms with van der Waals surface area (Å²) in [6, 6.07) is 8.36. The van der Waals surface area contributed by atoms with E-state index in [1.54, 1.807) is 0 Å². The molecule has 0 radical (unpaired) electrons. The lowest BCUT2D eigenvalue weighted by Crippen LogP contribution is -2.32. The number of nitrogens with zero attached hydrogens (tertiary/aromatic N) is 1. The predicted molar refractivity (Wildman–Crippen MR) is 88.7 cm³/mol. The molecule has 22 heavy (non-hydrogen) atoms. The van der Waals surface area contributed by atoms with E-state index in [1.165, 1.54) is 5.56 Å². The van der Waals surface area contributed by atoms with Gasteiger partial charge in [-0.15, -0.1) is 0 Å². The van der Waals surface area contributed by atoms with Crippen LogP contribution >= 0.6 is 0 Å². The van der Waals surface area contributed by atoms with Gasteiger partial charge in [0.25, 0.3) is 0 Å². The monoisotopic (exact) mass is 305 g/mol. The normalized spacial score (nSPS) is 16.7. The van der Waals surface area contributed by atoms with E-state index < -0.39 is 0 Å². The van der Waals surface area contributed by atoms with Crippen molar-refractivity contribution >= 4 is 5.96 Å².